The Morgan fingerprint density at radius 1 is 1.18 bits per heavy atom. The SMILES string of the molecule is CCc1ccccc1NC(=O)CN(C)C(C)C(=O)N1CCSc2ccccc21. The fourth-order valence-electron chi connectivity index (χ4n) is 3.32. The Labute approximate surface area is 171 Å². The first-order valence-electron chi connectivity index (χ1n) is 9.62. The van der Waals surface area contributed by atoms with E-state index in [-0.39, 0.29) is 24.4 Å². The number of carbonyl (C=O) groups excluding carboxylic acids is 2. The fraction of sp³-hybridized carbons (Fsp3) is 0.364. The summed E-state index contributed by atoms with van der Waals surface area (Å²) >= 11 is 1.77. The van der Waals surface area contributed by atoms with Crippen LogP contribution in [0, 0.1) is 0 Å². The maximum atomic E-state index is 13.1. The lowest BCUT2D eigenvalue weighted by Gasteiger charge is -2.33. The summed E-state index contributed by atoms with van der Waals surface area (Å²) in [6.07, 6.45) is 0.855. The van der Waals surface area contributed by atoms with Gasteiger partial charge in [-0.2, -0.15) is 0 Å². The van der Waals surface area contributed by atoms with Crippen molar-refractivity contribution in [3.8, 4) is 0 Å². The molecular weight excluding hydrogens is 370 g/mol. The highest BCUT2D eigenvalue weighted by Crippen LogP contribution is 2.34. The molecule has 2 aromatic carbocycles. The molecule has 0 saturated carbocycles. The molecule has 2 aromatic rings. The molecule has 2 amide bonds. The number of carbonyl (C=O) groups is 2. The summed E-state index contributed by atoms with van der Waals surface area (Å²) in [4.78, 5) is 30.4. The van der Waals surface area contributed by atoms with Crippen molar-refractivity contribution in [1.82, 2.24) is 4.90 Å². The predicted molar refractivity (Wildman–Crippen MR) is 116 cm³/mol. The van der Waals surface area contributed by atoms with Crippen molar-refractivity contribution >= 4 is 35.0 Å². The first-order chi connectivity index (χ1) is 13.5. The number of anilines is 2. The van der Waals surface area contributed by atoms with Crippen LogP contribution in [-0.4, -0.2) is 48.6 Å². The van der Waals surface area contributed by atoms with E-state index < -0.39 is 0 Å². The molecule has 28 heavy (non-hydrogen) atoms. The third-order valence-corrected chi connectivity index (χ3v) is 6.12. The predicted octanol–water partition coefficient (Wildman–Crippen LogP) is 3.65. The number of fused-ring (bicyclic) bond motifs is 1. The van der Waals surface area contributed by atoms with Crippen molar-refractivity contribution in [2.45, 2.75) is 31.2 Å². The van der Waals surface area contributed by atoms with Crippen molar-refractivity contribution in [2.75, 3.05) is 36.1 Å². The Bertz CT molecular complexity index is 855. The fourth-order valence-corrected chi connectivity index (χ4v) is 4.31. The summed E-state index contributed by atoms with van der Waals surface area (Å²) < 4.78 is 0. The van der Waals surface area contributed by atoms with Crippen LogP contribution in [0.1, 0.15) is 19.4 Å². The molecule has 1 heterocycles. The molecule has 0 saturated heterocycles. The van der Waals surface area contributed by atoms with E-state index in [2.05, 4.69) is 12.2 Å². The summed E-state index contributed by atoms with van der Waals surface area (Å²) in [6.45, 7) is 4.77. The highest BCUT2D eigenvalue weighted by Gasteiger charge is 2.29. The largest absolute Gasteiger partial charge is 0.325 e. The van der Waals surface area contributed by atoms with Crippen LogP contribution in [0.5, 0.6) is 0 Å². The summed E-state index contributed by atoms with van der Waals surface area (Å²) in [5.74, 6) is 0.794. The molecule has 1 aliphatic heterocycles. The van der Waals surface area contributed by atoms with Crippen LogP contribution in [0.25, 0.3) is 0 Å². The molecule has 0 bridgehead atoms. The van der Waals surface area contributed by atoms with E-state index in [0.29, 0.717) is 6.54 Å². The molecule has 6 heteroatoms. The van der Waals surface area contributed by atoms with E-state index in [4.69, 9.17) is 0 Å². The highest BCUT2D eigenvalue weighted by molar-refractivity contribution is 7.99. The number of aryl methyl sites for hydroxylation is 1. The molecule has 1 N–H and O–H groups in total. The van der Waals surface area contributed by atoms with Gasteiger partial charge in [-0.25, -0.2) is 0 Å². The van der Waals surface area contributed by atoms with Crippen molar-refractivity contribution in [1.29, 1.82) is 0 Å². The van der Waals surface area contributed by atoms with Crippen molar-refractivity contribution in [3.05, 3.63) is 54.1 Å². The van der Waals surface area contributed by atoms with Gasteiger partial charge in [0.1, 0.15) is 0 Å². The number of benzene rings is 2. The minimum atomic E-state index is -0.386. The average Bonchev–Trinajstić information content (AvgIpc) is 2.72. The number of hydrogen-bond acceptors (Lipinski definition) is 4. The molecule has 0 spiro atoms. The highest BCUT2D eigenvalue weighted by atomic mass is 32.2. The number of nitrogens with one attached hydrogen (secondary N) is 1. The van der Waals surface area contributed by atoms with Crippen LogP contribution >= 0.6 is 11.8 Å². The van der Waals surface area contributed by atoms with Crippen molar-refractivity contribution < 1.29 is 9.59 Å². The molecule has 1 aliphatic rings. The van der Waals surface area contributed by atoms with Crippen LogP contribution in [0.4, 0.5) is 11.4 Å². The topological polar surface area (TPSA) is 52.7 Å². The minimum Gasteiger partial charge on any atom is -0.325 e. The molecule has 0 fully saturated rings. The zero-order valence-corrected chi connectivity index (χ0v) is 17.5. The lowest BCUT2D eigenvalue weighted by molar-refractivity contribution is -0.124. The molecule has 148 valence electrons. The van der Waals surface area contributed by atoms with Gasteiger partial charge >= 0.3 is 0 Å². The average molecular weight is 398 g/mol. The van der Waals surface area contributed by atoms with Gasteiger partial charge in [-0.1, -0.05) is 37.3 Å². The van der Waals surface area contributed by atoms with E-state index in [1.54, 1.807) is 16.7 Å². The van der Waals surface area contributed by atoms with E-state index >= 15 is 0 Å². The molecule has 0 aliphatic carbocycles. The number of amides is 2. The van der Waals surface area contributed by atoms with E-state index in [1.165, 1.54) is 0 Å². The van der Waals surface area contributed by atoms with Crippen molar-refractivity contribution in [2.24, 2.45) is 0 Å². The van der Waals surface area contributed by atoms with E-state index in [9.17, 15) is 9.59 Å². The van der Waals surface area contributed by atoms with Gasteiger partial charge in [-0.15, -0.1) is 11.8 Å². The minimum absolute atomic E-state index is 0.0250. The first kappa shape index (κ1) is 20.4. The number of para-hydroxylation sites is 2. The van der Waals surface area contributed by atoms with Crippen molar-refractivity contribution in [3.63, 3.8) is 0 Å². The third-order valence-electron chi connectivity index (χ3n) is 5.08. The van der Waals surface area contributed by atoms with Crippen LogP contribution < -0.4 is 10.2 Å². The second-order valence-electron chi connectivity index (χ2n) is 6.96. The lowest BCUT2D eigenvalue weighted by atomic mass is 10.1. The van der Waals surface area contributed by atoms with Gasteiger partial charge in [0, 0.05) is 22.9 Å². The van der Waals surface area contributed by atoms with Gasteiger partial charge in [0.05, 0.1) is 18.3 Å². The lowest BCUT2D eigenvalue weighted by Crippen LogP contribution is -2.49. The molecule has 3 rings (SSSR count). The summed E-state index contributed by atoms with van der Waals surface area (Å²) in [5.41, 5.74) is 2.90. The van der Waals surface area contributed by atoms with E-state index in [0.717, 1.165) is 34.0 Å². The van der Waals surface area contributed by atoms with Crippen LogP contribution in [0.3, 0.4) is 0 Å². The zero-order valence-electron chi connectivity index (χ0n) is 16.6. The summed E-state index contributed by atoms with van der Waals surface area (Å²) in [6, 6.07) is 15.4. The molecule has 1 atom stereocenters. The molecule has 0 radical (unpaired) electrons. The Kier molecular flexibility index (Phi) is 6.75. The molecule has 0 aromatic heterocycles. The van der Waals surface area contributed by atoms with Gasteiger partial charge in [0.25, 0.3) is 0 Å². The quantitative estimate of drug-likeness (QED) is 0.808. The smallest absolute Gasteiger partial charge is 0.244 e. The number of likely N-dealkylation sites (N-methyl/N-ethyl adjacent to an activating group) is 1. The Morgan fingerprint density at radius 2 is 1.89 bits per heavy atom. The molecule has 1 unspecified atom stereocenters. The molecule has 5 nitrogen and oxygen atoms in total. The molecular formula is C22H27N3O2S. The van der Waals surface area contributed by atoms with Gasteiger partial charge < -0.3 is 10.2 Å². The summed E-state index contributed by atoms with van der Waals surface area (Å²) in [7, 11) is 1.82. The van der Waals surface area contributed by atoms with Crippen LogP contribution in [-0.2, 0) is 16.0 Å². The number of rotatable bonds is 6. The Morgan fingerprint density at radius 3 is 2.68 bits per heavy atom. The number of thioether (sulfide) groups is 1. The van der Waals surface area contributed by atoms with Crippen LogP contribution in [0.2, 0.25) is 0 Å². The van der Waals surface area contributed by atoms with Gasteiger partial charge in [-0.05, 0) is 44.2 Å². The monoisotopic (exact) mass is 397 g/mol. The first-order valence-corrected chi connectivity index (χ1v) is 10.6. The second-order valence-corrected chi connectivity index (χ2v) is 8.09. The third kappa shape index (κ3) is 4.56. The Hall–Kier alpha value is -2.31. The maximum Gasteiger partial charge on any atom is 0.244 e. The standard InChI is InChI=1S/C22H27N3O2S/c1-4-17-9-5-6-10-18(17)23-21(26)15-24(3)16(2)22(27)25-13-14-28-20-12-8-7-11-19(20)25/h5-12,16H,4,13-15H2,1-3H3,(H,23,26). The summed E-state index contributed by atoms with van der Waals surface area (Å²) in [5, 5.41) is 2.97. The van der Waals surface area contributed by atoms with Crippen LogP contribution in [0.15, 0.2) is 53.4 Å². The van der Waals surface area contributed by atoms with E-state index in [1.807, 2.05) is 67.4 Å². The number of hydrogen-bond donors (Lipinski definition) is 1. The normalized spacial score (nSPS) is 14.5. The Balaban J connectivity index is 1.63. The van der Waals surface area contributed by atoms with Gasteiger partial charge in [-0.3, -0.25) is 14.5 Å². The zero-order chi connectivity index (χ0) is 20.1. The van der Waals surface area contributed by atoms with Gasteiger partial charge in [0.15, 0.2) is 0 Å². The number of nitrogens with zero attached hydrogens (tertiary/aromatic N) is 2. The maximum absolute atomic E-state index is 13.1. The van der Waals surface area contributed by atoms with Gasteiger partial charge in [0.2, 0.25) is 11.8 Å². The second kappa shape index (κ2) is 9.26.